The third-order valence-electron chi connectivity index (χ3n) is 3.80. The van der Waals surface area contributed by atoms with Crippen molar-refractivity contribution in [1.29, 1.82) is 0 Å². The molecule has 1 aliphatic heterocycles. The number of amides is 2. The maximum absolute atomic E-state index is 11.9. The van der Waals surface area contributed by atoms with Crippen molar-refractivity contribution in [3.8, 4) is 0 Å². The summed E-state index contributed by atoms with van der Waals surface area (Å²) in [6.07, 6.45) is 5.95. The average molecular weight is 323 g/mol. The minimum absolute atomic E-state index is 0.115. The largest absolute Gasteiger partial charge is 0.379 e. The molecule has 130 valence electrons. The van der Waals surface area contributed by atoms with Crippen LogP contribution in [0.4, 0.5) is 10.5 Å². The smallest absolute Gasteiger partial charge is 0.315 e. The molecule has 1 atom stereocenters. The van der Waals surface area contributed by atoms with E-state index in [0.717, 1.165) is 38.2 Å². The Labute approximate surface area is 138 Å². The highest BCUT2D eigenvalue weighted by molar-refractivity contribution is 5.74. The first-order valence-corrected chi connectivity index (χ1v) is 8.40. The number of hydrogen-bond acceptors (Lipinski definition) is 4. The van der Waals surface area contributed by atoms with E-state index in [1.165, 1.54) is 0 Å². The van der Waals surface area contributed by atoms with Gasteiger partial charge in [0.2, 0.25) is 0 Å². The SMILES string of the molecule is CC(C)COCCNC(=O)N[C@@H]1CCCN(c2cnn(C)c2)C1. The van der Waals surface area contributed by atoms with E-state index in [1.807, 2.05) is 19.4 Å². The summed E-state index contributed by atoms with van der Waals surface area (Å²) in [5.41, 5.74) is 1.11. The van der Waals surface area contributed by atoms with Crippen molar-refractivity contribution in [3.05, 3.63) is 12.4 Å². The lowest BCUT2D eigenvalue weighted by atomic mass is 10.1. The van der Waals surface area contributed by atoms with E-state index in [9.17, 15) is 4.79 Å². The monoisotopic (exact) mass is 323 g/mol. The lowest BCUT2D eigenvalue weighted by molar-refractivity contribution is 0.112. The summed E-state index contributed by atoms with van der Waals surface area (Å²) in [6.45, 7) is 7.87. The molecule has 23 heavy (non-hydrogen) atoms. The molecular weight excluding hydrogens is 294 g/mol. The topological polar surface area (TPSA) is 71.4 Å². The minimum atomic E-state index is -0.115. The van der Waals surface area contributed by atoms with Gasteiger partial charge >= 0.3 is 6.03 Å². The molecule has 2 N–H and O–H groups in total. The van der Waals surface area contributed by atoms with Crippen LogP contribution in [0.2, 0.25) is 0 Å². The quantitative estimate of drug-likeness (QED) is 0.743. The molecule has 7 heteroatoms. The molecule has 0 radical (unpaired) electrons. The third kappa shape index (κ3) is 6.09. The van der Waals surface area contributed by atoms with E-state index < -0.39 is 0 Å². The van der Waals surface area contributed by atoms with Crippen LogP contribution < -0.4 is 15.5 Å². The standard InChI is InChI=1S/C16H29N5O2/c1-13(2)12-23-8-6-17-16(22)19-14-5-4-7-21(10-14)15-9-18-20(3)11-15/h9,11,13-14H,4-8,10,12H2,1-3H3,(H2,17,19,22)/t14-/m1/s1. The molecule has 1 fully saturated rings. The summed E-state index contributed by atoms with van der Waals surface area (Å²) in [4.78, 5) is 14.2. The number of carbonyl (C=O) groups excluding carboxylic acids is 1. The van der Waals surface area contributed by atoms with Gasteiger partial charge in [-0.3, -0.25) is 4.68 Å². The van der Waals surface area contributed by atoms with Crippen molar-refractivity contribution in [3.63, 3.8) is 0 Å². The van der Waals surface area contributed by atoms with Gasteiger partial charge in [-0.2, -0.15) is 5.10 Å². The fraction of sp³-hybridized carbons (Fsp3) is 0.750. The number of aromatic nitrogens is 2. The third-order valence-corrected chi connectivity index (χ3v) is 3.80. The van der Waals surface area contributed by atoms with Crippen LogP contribution in [0.25, 0.3) is 0 Å². The van der Waals surface area contributed by atoms with Crippen molar-refractivity contribution in [1.82, 2.24) is 20.4 Å². The van der Waals surface area contributed by atoms with E-state index in [4.69, 9.17) is 4.74 Å². The zero-order valence-electron chi connectivity index (χ0n) is 14.4. The van der Waals surface area contributed by atoms with Crippen molar-refractivity contribution >= 4 is 11.7 Å². The lowest BCUT2D eigenvalue weighted by Gasteiger charge is -2.33. The Morgan fingerprint density at radius 1 is 1.52 bits per heavy atom. The summed E-state index contributed by atoms with van der Waals surface area (Å²) in [5, 5.41) is 10.1. The summed E-state index contributed by atoms with van der Waals surface area (Å²) in [5.74, 6) is 0.518. The number of piperidine rings is 1. The summed E-state index contributed by atoms with van der Waals surface area (Å²) >= 11 is 0. The second-order valence-corrected chi connectivity index (χ2v) is 6.53. The number of nitrogens with one attached hydrogen (secondary N) is 2. The Kier molecular flexibility index (Phi) is 6.70. The zero-order chi connectivity index (χ0) is 16.7. The van der Waals surface area contributed by atoms with Crippen LogP contribution in [0, 0.1) is 5.92 Å². The highest BCUT2D eigenvalue weighted by Crippen LogP contribution is 2.18. The van der Waals surface area contributed by atoms with Crippen LogP contribution in [0.1, 0.15) is 26.7 Å². The van der Waals surface area contributed by atoms with Gasteiger partial charge in [0.1, 0.15) is 0 Å². The molecule has 0 aliphatic carbocycles. The van der Waals surface area contributed by atoms with Gasteiger partial charge in [0.25, 0.3) is 0 Å². The number of aryl methyl sites for hydroxylation is 1. The van der Waals surface area contributed by atoms with Gasteiger partial charge in [-0.15, -0.1) is 0 Å². The van der Waals surface area contributed by atoms with Crippen molar-refractivity contribution in [2.24, 2.45) is 13.0 Å². The van der Waals surface area contributed by atoms with E-state index in [1.54, 1.807) is 4.68 Å². The molecule has 0 unspecified atom stereocenters. The van der Waals surface area contributed by atoms with Crippen LogP contribution in [0.5, 0.6) is 0 Å². The van der Waals surface area contributed by atoms with E-state index in [2.05, 4.69) is 34.5 Å². The zero-order valence-corrected chi connectivity index (χ0v) is 14.4. The van der Waals surface area contributed by atoms with Gasteiger partial charge in [0, 0.05) is 45.5 Å². The number of ether oxygens (including phenoxy) is 1. The second-order valence-electron chi connectivity index (χ2n) is 6.53. The number of rotatable bonds is 7. The number of nitrogens with zero attached hydrogens (tertiary/aromatic N) is 3. The van der Waals surface area contributed by atoms with Crippen LogP contribution >= 0.6 is 0 Å². The first kappa shape index (κ1) is 17.6. The van der Waals surface area contributed by atoms with Gasteiger partial charge in [-0.1, -0.05) is 13.8 Å². The molecule has 1 aliphatic rings. The Morgan fingerprint density at radius 2 is 2.35 bits per heavy atom. The van der Waals surface area contributed by atoms with Crippen LogP contribution in [0.3, 0.4) is 0 Å². The van der Waals surface area contributed by atoms with E-state index >= 15 is 0 Å². The predicted octanol–water partition coefficient (Wildman–Crippen LogP) is 1.36. The number of carbonyl (C=O) groups is 1. The summed E-state index contributed by atoms with van der Waals surface area (Å²) in [7, 11) is 1.91. The fourth-order valence-electron chi connectivity index (χ4n) is 2.69. The molecule has 1 aromatic heterocycles. The van der Waals surface area contributed by atoms with Crippen LogP contribution in [-0.2, 0) is 11.8 Å². The van der Waals surface area contributed by atoms with Crippen molar-refractivity contribution < 1.29 is 9.53 Å². The van der Waals surface area contributed by atoms with Gasteiger partial charge in [0.05, 0.1) is 18.5 Å². The molecule has 0 spiro atoms. The molecule has 2 amide bonds. The molecule has 1 saturated heterocycles. The Morgan fingerprint density at radius 3 is 3.04 bits per heavy atom. The number of hydrogen-bond donors (Lipinski definition) is 2. The van der Waals surface area contributed by atoms with E-state index in [0.29, 0.717) is 19.1 Å². The lowest BCUT2D eigenvalue weighted by Crippen LogP contribution is -2.51. The first-order chi connectivity index (χ1) is 11.0. The van der Waals surface area contributed by atoms with Gasteiger partial charge in [-0.05, 0) is 18.8 Å². The highest BCUT2D eigenvalue weighted by atomic mass is 16.5. The highest BCUT2D eigenvalue weighted by Gasteiger charge is 2.22. The molecule has 0 saturated carbocycles. The van der Waals surface area contributed by atoms with Gasteiger partial charge in [-0.25, -0.2) is 4.79 Å². The minimum Gasteiger partial charge on any atom is -0.379 e. The Balaban J connectivity index is 1.67. The molecule has 2 heterocycles. The van der Waals surface area contributed by atoms with Crippen molar-refractivity contribution in [2.75, 3.05) is 37.7 Å². The maximum atomic E-state index is 11.9. The molecule has 7 nitrogen and oxygen atoms in total. The second kappa shape index (κ2) is 8.76. The number of urea groups is 1. The molecule has 0 bridgehead atoms. The van der Waals surface area contributed by atoms with Crippen LogP contribution in [-0.4, -0.2) is 54.7 Å². The summed E-state index contributed by atoms with van der Waals surface area (Å²) < 4.78 is 7.25. The number of anilines is 1. The van der Waals surface area contributed by atoms with Gasteiger partial charge < -0.3 is 20.3 Å². The Bertz CT molecular complexity index is 489. The first-order valence-electron chi connectivity index (χ1n) is 8.40. The molecular formula is C16H29N5O2. The predicted molar refractivity (Wildman–Crippen MR) is 90.6 cm³/mol. The Hall–Kier alpha value is -1.76. The van der Waals surface area contributed by atoms with Gasteiger partial charge in [0.15, 0.2) is 0 Å². The molecule has 1 aromatic rings. The normalized spacial score (nSPS) is 18.3. The molecule has 2 rings (SSSR count). The van der Waals surface area contributed by atoms with E-state index in [-0.39, 0.29) is 12.1 Å². The summed E-state index contributed by atoms with van der Waals surface area (Å²) in [6, 6.07) is 0.0525. The fourth-order valence-corrected chi connectivity index (χ4v) is 2.69. The molecule has 0 aromatic carbocycles. The maximum Gasteiger partial charge on any atom is 0.315 e. The van der Waals surface area contributed by atoms with Crippen molar-refractivity contribution in [2.45, 2.75) is 32.7 Å². The average Bonchev–Trinajstić information content (AvgIpc) is 2.93. The van der Waals surface area contributed by atoms with Crippen LogP contribution in [0.15, 0.2) is 12.4 Å².